The quantitative estimate of drug-likeness (QED) is 0.890. The fourth-order valence-electron chi connectivity index (χ4n) is 1.53. The Morgan fingerprint density at radius 3 is 2.58 bits per heavy atom. The smallest absolute Gasteiger partial charge is 0.308 e. The van der Waals surface area contributed by atoms with Crippen LogP contribution in [-0.2, 0) is 11.2 Å². The van der Waals surface area contributed by atoms with Gasteiger partial charge in [-0.2, -0.15) is 0 Å². The number of hydrogen-bond acceptors (Lipinski definition) is 4. The summed E-state index contributed by atoms with van der Waals surface area (Å²) in [6.07, 6.45) is -0.0263. The predicted molar refractivity (Wildman–Crippen MR) is 77.9 cm³/mol. The lowest BCUT2D eigenvalue weighted by molar-refractivity contribution is -0.136. The molecule has 1 aromatic heterocycles. The average molecular weight is 317 g/mol. The molecule has 0 saturated carbocycles. The second-order valence-electron chi connectivity index (χ2n) is 3.88. The van der Waals surface area contributed by atoms with Crippen LogP contribution in [0.3, 0.4) is 0 Å². The number of carboxylic acids is 1. The molecule has 0 aliphatic carbocycles. The summed E-state index contributed by atoms with van der Waals surface area (Å²) in [6.45, 7) is 1.78. The third-order valence-electron chi connectivity index (χ3n) is 2.32. The summed E-state index contributed by atoms with van der Waals surface area (Å²) < 4.78 is 0. The summed E-state index contributed by atoms with van der Waals surface area (Å²) in [6, 6.07) is 5.08. The Morgan fingerprint density at radius 1 is 1.37 bits per heavy atom. The number of benzene rings is 1. The van der Waals surface area contributed by atoms with Crippen molar-refractivity contribution < 1.29 is 9.90 Å². The lowest BCUT2D eigenvalue weighted by Gasteiger charge is -2.03. The molecule has 7 heteroatoms. The van der Waals surface area contributed by atoms with E-state index in [4.69, 9.17) is 28.3 Å². The maximum Gasteiger partial charge on any atom is 0.308 e. The molecule has 2 aromatic rings. The van der Waals surface area contributed by atoms with Crippen LogP contribution < -0.4 is 5.32 Å². The summed E-state index contributed by atoms with van der Waals surface area (Å²) in [7, 11) is 0. The Hall–Kier alpha value is -1.30. The number of nitrogens with zero attached hydrogens (tertiary/aromatic N) is 1. The van der Waals surface area contributed by atoms with Gasteiger partial charge in [0, 0.05) is 20.6 Å². The number of rotatable bonds is 4. The molecular formula is C12H10Cl2N2O2S. The van der Waals surface area contributed by atoms with Gasteiger partial charge in [-0.15, -0.1) is 11.3 Å². The van der Waals surface area contributed by atoms with Gasteiger partial charge in [-0.25, -0.2) is 4.98 Å². The number of hydrogen-bond donors (Lipinski definition) is 2. The molecule has 4 nitrogen and oxygen atoms in total. The van der Waals surface area contributed by atoms with Crippen LogP contribution in [0.1, 0.15) is 10.6 Å². The van der Waals surface area contributed by atoms with Crippen molar-refractivity contribution >= 4 is 51.3 Å². The molecule has 0 aliphatic rings. The van der Waals surface area contributed by atoms with Gasteiger partial charge in [0.25, 0.3) is 0 Å². The lowest BCUT2D eigenvalue weighted by atomic mass is 10.3. The number of aromatic nitrogens is 1. The zero-order chi connectivity index (χ0) is 14.0. The van der Waals surface area contributed by atoms with Crippen molar-refractivity contribution in [2.75, 3.05) is 5.32 Å². The number of carboxylic acid groups (broad SMARTS) is 1. The molecule has 0 fully saturated rings. The fourth-order valence-corrected chi connectivity index (χ4v) is 3.03. The van der Waals surface area contributed by atoms with Gasteiger partial charge < -0.3 is 10.4 Å². The number of anilines is 2. The Bertz CT molecular complexity index is 608. The molecule has 1 heterocycles. The van der Waals surface area contributed by atoms with Gasteiger partial charge in [0.05, 0.1) is 12.1 Å². The van der Waals surface area contributed by atoms with E-state index < -0.39 is 5.97 Å². The first kappa shape index (κ1) is 14.1. The first-order valence-corrected chi connectivity index (χ1v) is 6.92. The monoisotopic (exact) mass is 316 g/mol. The van der Waals surface area contributed by atoms with Crippen molar-refractivity contribution in [2.24, 2.45) is 0 Å². The van der Waals surface area contributed by atoms with E-state index in [1.54, 1.807) is 25.1 Å². The molecule has 100 valence electrons. The van der Waals surface area contributed by atoms with E-state index in [1.807, 2.05) is 0 Å². The minimum atomic E-state index is -0.871. The third kappa shape index (κ3) is 3.83. The van der Waals surface area contributed by atoms with Crippen molar-refractivity contribution in [1.82, 2.24) is 4.98 Å². The molecule has 0 amide bonds. The van der Waals surface area contributed by atoms with Gasteiger partial charge in [0.2, 0.25) is 0 Å². The number of halogens is 2. The number of nitrogens with one attached hydrogen (secondary N) is 1. The molecule has 0 unspecified atom stereocenters. The van der Waals surface area contributed by atoms with E-state index in [1.165, 1.54) is 11.3 Å². The molecule has 1 aromatic carbocycles. The zero-order valence-electron chi connectivity index (χ0n) is 9.91. The highest BCUT2D eigenvalue weighted by Gasteiger charge is 2.11. The second-order valence-corrected chi connectivity index (χ2v) is 5.84. The highest BCUT2D eigenvalue weighted by Crippen LogP contribution is 2.29. The van der Waals surface area contributed by atoms with Crippen molar-refractivity contribution in [3.63, 3.8) is 0 Å². The SMILES string of the molecule is Cc1nc(Nc2cc(Cl)cc(Cl)c2)sc1CC(=O)O. The minimum Gasteiger partial charge on any atom is -0.481 e. The summed E-state index contributed by atoms with van der Waals surface area (Å²) in [4.78, 5) is 15.7. The van der Waals surface area contributed by atoms with Gasteiger partial charge in [0.1, 0.15) is 0 Å². The summed E-state index contributed by atoms with van der Waals surface area (Å²) in [5.74, 6) is -0.871. The highest BCUT2D eigenvalue weighted by atomic mass is 35.5. The summed E-state index contributed by atoms with van der Waals surface area (Å²) in [5, 5.41) is 13.5. The molecule has 0 saturated heterocycles. The number of thiazole rings is 1. The lowest BCUT2D eigenvalue weighted by Crippen LogP contribution is -1.99. The highest BCUT2D eigenvalue weighted by molar-refractivity contribution is 7.15. The maximum atomic E-state index is 10.7. The van der Waals surface area contributed by atoms with E-state index in [2.05, 4.69) is 10.3 Å². The largest absolute Gasteiger partial charge is 0.481 e. The second kappa shape index (κ2) is 5.77. The first-order chi connectivity index (χ1) is 8.94. The molecule has 2 rings (SSSR count). The van der Waals surface area contributed by atoms with Crippen LogP contribution >= 0.6 is 34.5 Å². The van der Waals surface area contributed by atoms with E-state index in [9.17, 15) is 4.79 Å². The van der Waals surface area contributed by atoms with Gasteiger partial charge in [0.15, 0.2) is 5.13 Å². The van der Waals surface area contributed by atoms with Crippen LogP contribution in [0.4, 0.5) is 10.8 Å². The fraction of sp³-hybridized carbons (Fsp3) is 0.167. The van der Waals surface area contributed by atoms with Crippen LogP contribution in [0.2, 0.25) is 10.0 Å². The van der Waals surface area contributed by atoms with Crippen LogP contribution in [0.25, 0.3) is 0 Å². The van der Waals surface area contributed by atoms with Crippen molar-refractivity contribution in [3.05, 3.63) is 38.8 Å². The van der Waals surface area contributed by atoms with E-state index in [-0.39, 0.29) is 6.42 Å². The third-order valence-corrected chi connectivity index (χ3v) is 3.83. The minimum absolute atomic E-state index is 0.0263. The van der Waals surface area contributed by atoms with Crippen LogP contribution in [-0.4, -0.2) is 16.1 Å². The van der Waals surface area contributed by atoms with Gasteiger partial charge >= 0.3 is 5.97 Å². The molecule has 0 bridgehead atoms. The summed E-state index contributed by atoms with van der Waals surface area (Å²) >= 11 is 13.1. The molecule has 19 heavy (non-hydrogen) atoms. The topological polar surface area (TPSA) is 62.2 Å². The van der Waals surface area contributed by atoms with E-state index in [0.717, 1.165) is 4.88 Å². The Kier molecular flexibility index (Phi) is 4.29. The Balaban J connectivity index is 2.21. The van der Waals surface area contributed by atoms with Crippen LogP contribution in [0.15, 0.2) is 18.2 Å². The molecule has 0 spiro atoms. The number of carbonyl (C=O) groups is 1. The van der Waals surface area contributed by atoms with Gasteiger partial charge in [-0.05, 0) is 25.1 Å². The Morgan fingerprint density at radius 2 is 2.00 bits per heavy atom. The molecule has 0 aliphatic heterocycles. The van der Waals surface area contributed by atoms with Crippen molar-refractivity contribution in [2.45, 2.75) is 13.3 Å². The van der Waals surface area contributed by atoms with E-state index >= 15 is 0 Å². The average Bonchev–Trinajstić information content (AvgIpc) is 2.56. The standard InChI is InChI=1S/C12H10Cl2N2O2S/c1-6-10(5-11(17)18)19-12(15-6)16-9-3-7(13)2-8(14)4-9/h2-4H,5H2,1H3,(H,15,16)(H,17,18). The van der Waals surface area contributed by atoms with Crippen LogP contribution in [0.5, 0.6) is 0 Å². The van der Waals surface area contributed by atoms with E-state index in [0.29, 0.717) is 26.6 Å². The van der Waals surface area contributed by atoms with Gasteiger partial charge in [-0.1, -0.05) is 23.2 Å². The van der Waals surface area contributed by atoms with Gasteiger partial charge in [-0.3, -0.25) is 4.79 Å². The Labute approximate surface area is 124 Å². The predicted octanol–water partition coefficient (Wildman–Crippen LogP) is 4.13. The molecule has 2 N–H and O–H groups in total. The molecular weight excluding hydrogens is 307 g/mol. The van der Waals surface area contributed by atoms with Crippen molar-refractivity contribution in [3.8, 4) is 0 Å². The normalized spacial score (nSPS) is 10.5. The number of aryl methyl sites for hydroxylation is 1. The van der Waals surface area contributed by atoms with Crippen molar-refractivity contribution in [1.29, 1.82) is 0 Å². The zero-order valence-corrected chi connectivity index (χ0v) is 12.2. The molecule has 0 radical (unpaired) electrons. The first-order valence-electron chi connectivity index (χ1n) is 5.35. The van der Waals surface area contributed by atoms with Crippen LogP contribution in [0, 0.1) is 6.92 Å². The molecule has 0 atom stereocenters. The summed E-state index contributed by atoms with van der Waals surface area (Å²) in [5.41, 5.74) is 1.43. The number of aliphatic carboxylic acids is 1. The maximum absolute atomic E-state index is 10.7.